The van der Waals surface area contributed by atoms with Crippen LogP contribution in [0.15, 0.2) is 16.8 Å². The van der Waals surface area contributed by atoms with Crippen LogP contribution in [0.3, 0.4) is 0 Å². The van der Waals surface area contributed by atoms with Crippen molar-refractivity contribution in [2.75, 3.05) is 0 Å². The average molecular weight is 193 g/mol. The van der Waals surface area contributed by atoms with Crippen LogP contribution in [0, 0.1) is 0 Å². The van der Waals surface area contributed by atoms with Crippen LogP contribution >= 0.6 is 0 Å². The first-order valence-corrected chi connectivity index (χ1v) is 3.54. The first kappa shape index (κ1) is 11.9. The molecule has 0 bridgehead atoms. The molecule has 0 N–H and O–H groups in total. The van der Waals surface area contributed by atoms with Crippen LogP contribution in [0.1, 0.15) is 20.8 Å². The van der Waals surface area contributed by atoms with Gasteiger partial charge in [-0.2, -0.15) is 13.2 Å². The van der Waals surface area contributed by atoms with Gasteiger partial charge in [0.2, 0.25) is 0 Å². The standard InChI is InChI=1S/C8H10F3NO/c1-5(8(9,10)11)4-12-6(2)7(3)13/h4H,1-3H3/b5-4+,12-6?. The number of carbonyl (C=O) groups is 1. The van der Waals surface area contributed by atoms with Gasteiger partial charge in [-0.1, -0.05) is 0 Å². The number of aliphatic imine (C=N–C) groups is 1. The molecule has 0 saturated carbocycles. The van der Waals surface area contributed by atoms with Crippen molar-refractivity contribution >= 4 is 11.5 Å². The summed E-state index contributed by atoms with van der Waals surface area (Å²) in [5.41, 5.74) is -0.767. The van der Waals surface area contributed by atoms with Gasteiger partial charge in [0.15, 0.2) is 5.78 Å². The van der Waals surface area contributed by atoms with Crippen LogP contribution in [-0.2, 0) is 4.79 Å². The monoisotopic (exact) mass is 193 g/mol. The molecule has 0 spiro atoms. The van der Waals surface area contributed by atoms with Crippen molar-refractivity contribution < 1.29 is 18.0 Å². The number of rotatable bonds is 2. The van der Waals surface area contributed by atoms with E-state index in [2.05, 4.69) is 4.99 Å². The zero-order valence-corrected chi connectivity index (χ0v) is 7.57. The summed E-state index contributed by atoms with van der Waals surface area (Å²) >= 11 is 0. The lowest BCUT2D eigenvalue weighted by Crippen LogP contribution is -2.09. The maximum Gasteiger partial charge on any atom is 0.413 e. The third-order valence-electron chi connectivity index (χ3n) is 1.41. The molecule has 0 aromatic heterocycles. The van der Waals surface area contributed by atoms with E-state index in [-0.39, 0.29) is 11.5 Å². The quantitative estimate of drug-likeness (QED) is 0.619. The molecule has 0 fully saturated rings. The highest BCUT2D eigenvalue weighted by molar-refractivity contribution is 6.38. The second-order valence-corrected chi connectivity index (χ2v) is 2.58. The highest BCUT2D eigenvalue weighted by atomic mass is 19.4. The fourth-order valence-corrected chi connectivity index (χ4v) is 0.358. The Bertz CT molecular complexity index is 263. The van der Waals surface area contributed by atoms with Crippen LogP contribution in [-0.4, -0.2) is 17.7 Å². The molecule has 0 unspecified atom stereocenters. The third-order valence-corrected chi connectivity index (χ3v) is 1.41. The molecular formula is C8H10F3NO. The molecule has 0 atom stereocenters. The maximum atomic E-state index is 11.9. The van der Waals surface area contributed by atoms with Gasteiger partial charge in [-0.3, -0.25) is 9.79 Å². The smallest absolute Gasteiger partial charge is 0.293 e. The number of carbonyl (C=O) groups excluding carboxylic acids is 1. The van der Waals surface area contributed by atoms with Crippen LogP contribution < -0.4 is 0 Å². The van der Waals surface area contributed by atoms with E-state index in [4.69, 9.17) is 0 Å². The average Bonchev–Trinajstić information content (AvgIpc) is 1.97. The number of alkyl halides is 3. The number of ketones is 1. The number of allylic oxidation sites excluding steroid dienone is 1. The predicted octanol–water partition coefficient (Wildman–Crippen LogP) is 2.50. The molecule has 0 rings (SSSR count). The second kappa shape index (κ2) is 4.20. The van der Waals surface area contributed by atoms with E-state index in [0.717, 1.165) is 6.92 Å². The lowest BCUT2D eigenvalue weighted by molar-refractivity contribution is -0.111. The van der Waals surface area contributed by atoms with Crippen LogP contribution in [0.2, 0.25) is 0 Å². The summed E-state index contributed by atoms with van der Waals surface area (Å²) in [6, 6.07) is 0. The molecule has 0 aliphatic heterocycles. The minimum atomic E-state index is -4.37. The van der Waals surface area contributed by atoms with Crippen molar-refractivity contribution in [1.82, 2.24) is 0 Å². The van der Waals surface area contributed by atoms with Gasteiger partial charge in [0.05, 0.1) is 5.71 Å². The van der Waals surface area contributed by atoms with Gasteiger partial charge >= 0.3 is 6.18 Å². The molecule has 0 aliphatic rings. The maximum absolute atomic E-state index is 11.9. The summed E-state index contributed by atoms with van der Waals surface area (Å²) in [7, 11) is 0. The molecule has 0 aromatic rings. The number of hydrogen-bond acceptors (Lipinski definition) is 2. The number of Topliss-reactive ketones (excluding diaryl/α,β-unsaturated/α-hetero) is 1. The van der Waals surface area contributed by atoms with E-state index in [1.807, 2.05) is 0 Å². The minimum absolute atomic E-state index is 0.0589. The fraction of sp³-hybridized carbons (Fsp3) is 0.500. The van der Waals surface area contributed by atoms with E-state index < -0.39 is 11.7 Å². The lowest BCUT2D eigenvalue weighted by Gasteiger charge is -2.03. The summed E-state index contributed by atoms with van der Waals surface area (Å²) in [6.07, 6.45) is -3.72. The van der Waals surface area contributed by atoms with Crippen molar-refractivity contribution in [3.05, 3.63) is 11.8 Å². The first-order chi connectivity index (χ1) is 5.75. The molecule has 5 heteroatoms. The molecule has 13 heavy (non-hydrogen) atoms. The second-order valence-electron chi connectivity index (χ2n) is 2.58. The molecule has 0 saturated heterocycles. The number of nitrogens with zero attached hydrogens (tertiary/aromatic N) is 1. The van der Waals surface area contributed by atoms with E-state index >= 15 is 0 Å². The normalized spacial score (nSPS) is 14.6. The molecule has 0 amide bonds. The van der Waals surface area contributed by atoms with Crippen molar-refractivity contribution in [3.8, 4) is 0 Å². The van der Waals surface area contributed by atoms with Gasteiger partial charge in [0.1, 0.15) is 0 Å². The molecule has 74 valence electrons. The third kappa shape index (κ3) is 4.45. The molecule has 0 heterocycles. The number of halogens is 3. The topological polar surface area (TPSA) is 29.4 Å². The highest BCUT2D eigenvalue weighted by Gasteiger charge is 2.29. The lowest BCUT2D eigenvalue weighted by atomic mass is 10.3. The van der Waals surface area contributed by atoms with Crippen LogP contribution in [0.25, 0.3) is 0 Å². The zero-order chi connectivity index (χ0) is 10.6. The minimum Gasteiger partial charge on any atom is -0.293 e. The Morgan fingerprint density at radius 3 is 2.00 bits per heavy atom. The summed E-state index contributed by atoms with van der Waals surface area (Å²) in [5, 5.41) is 0. The Morgan fingerprint density at radius 1 is 1.23 bits per heavy atom. The summed E-state index contributed by atoms with van der Waals surface area (Å²) < 4.78 is 35.6. The molecule has 0 aliphatic carbocycles. The molecular weight excluding hydrogens is 183 g/mol. The van der Waals surface area contributed by atoms with E-state index in [9.17, 15) is 18.0 Å². The van der Waals surface area contributed by atoms with Gasteiger partial charge in [-0.05, 0) is 13.8 Å². The predicted molar refractivity (Wildman–Crippen MR) is 43.6 cm³/mol. The van der Waals surface area contributed by atoms with Crippen LogP contribution in [0.5, 0.6) is 0 Å². The van der Waals surface area contributed by atoms with Gasteiger partial charge in [-0.15, -0.1) is 0 Å². The molecule has 2 nitrogen and oxygen atoms in total. The van der Waals surface area contributed by atoms with Gasteiger partial charge in [0.25, 0.3) is 0 Å². The Hall–Kier alpha value is -1.13. The first-order valence-electron chi connectivity index (χ1n) is 3.54. The van der Waals surface area contributed by atoms with E-state index in [1.54, 1.807) is 0 Å². The van der Waals surface area contributed by atoms with Gasteiger partial charge in [0, 0.05) is 18.7 Å². The summed E-state index contributed by atoms with van der Waals surface area (Å²) in [6.45, 7) is 3.51. The van der Waals surface area contributed by atoms with E-state index in [0.29, 0.717) is 6.20 Å². The number of hydrogen-bond donors (Lipinski definition) is 0. The Morgan fingerprint density at radius 2 is 1.69 bits per heavy atom. The highest BCUT2D eigenvalue weighted by Crippen LogP contribution is 2.24. The van der Waals surface area contributed by atoms with Crippen LogP contribution in [0.4, 0.5) is 13.2 Å². The van der Waals surface area contributed by atoms with Crippen molar-refractivity contribution in [3.63, 3.8) is 0 Å². The molecule has 0 aromatic carbocycles. The van der Waals surface area contributed by atoms with Crippen molar-refractivity contribution in [2.24, 2.45) is 4.99 Å². The Labute approximate surface area is 74.2 Å². The van der Waals surface area contributed by atoms with Gasteiger partial charge < -0.3 is 0 Å². The largest absolute Gasteiger partial charge is 0.413 e. The Kier molecular flexibility index (Phi) is 3.84. The van der Waals surface area contributed by atoms with Crippen molar-refractivity contribution in [2.45, 2.75) is 26.9 Å². The molecule has 0 radical (unpaired) electrons. The summed E-state index contributed by atoms with van der Waals surface area (Å²) in [4.78, 5) is 13.9. The summed E-state index contributed by atoms with van der Waals surface area (Å²) in [5.74, 6) is -0.341. The van der Waals surface area contributed by atoms with E-state index in [1.165, 1.54) is 13.8 Å². The SMILES string of the molecule is CC(=O)C(C)=N/C=C(\C)C(F)(F)F. The van der Waals surface area contributed by atoms with Gasteiger partial charge in [-0.25, -0.2) is 0 Å². The zero-order valence-electron chi connectivity index (χ0n) is 7.57. The fourth-order valence-electron chi connectivity index (χ4n) is 0.358. The Balaban J connectivity index is 4.61. The van der Waals surface area contributed by atoms with Crippen molar-refractivity contribution in [1.29, 1.82) is 0 Å².